The molecule has 0 aromatic carbocycles. The van der Waals surface area contributed by atoms with E-state index in [4.69, 9.17) is 22.4 Å². The molecule has 0 radical (unpaired) electrons. The average Bonchev–Trinajstić information content (AvgIpc) is 2.98. The minimum Gasteiger partial charge on any atom is -0.465 e. The molecule has 1 saturated carbocycles. The second-order valence-corrected chi connectivity index (χ2v) is 5.91. The smallest absolute Gasteiger partial charge is 0.404 e. The van der Waals surface area contributed by atoms with Crippen LogP contribution in [0, 0.1) is 0 Å². The molecular weight excluding hydrogens is 292 g/mol. The van der Waals surface area contributed by atoms with Crippen LogP contribution in [0.3, 0.4) is 0 Å². The second-order valence-electron chi connectivity index (χ2n) is 4.19. The third-order valence-electron chi connectivity index (χ3n) is 2.63. The molecular formula is C10H13ClN4O3S. The SMILES string of the molecule is Nc1nc(NCCNC(=O)O)sc1C(=O)C1(Cl)CC1. The van der Waals surface area contributed by atoms with Crippen LogP contribution in [0.4, 0.5) is 15.7 Å². The van der Waals surface area contributed by atoms with Gasteiger partial charge >= 0.3 is 6.09 Å². The molecule has 0 bridgehead atoms. The highest BCUT2D eigenvalue weighted by Gasteiger charge is 2.49. The van der Waals surface area contributed by atoms with E-state index in [1.807, 2.05) is 0 Å². The number of carbonyl (C=O) groups is 2. The van der Waals surface area contributed by atoms with Gasteiger partial charge in [-0.15, -0.1) is 11.6 Å². The van der Waals surface area contributed by atoms with Crippen molar-refractivity contribution in [2.24, 2.45) is 0 Å². The van der Waals surface area contributed by atoms with Crippen molar-refractivity contribution in [2.45, 2.75) is 17.7 Å². The highest BCUT2D eigenvalue weighted by molar-refractivity contribution is 7.18. The Morgan fingerprint density at radius 3 is 2.74 bits per heavy atom. The predicted molar refractivity (Wildman–Crippen MR) is 73.2 cm³/mol. The molecule has 1 amide bonds. The predicted octanol–water partition coefficient (Wildman–Crippen LogP) is 1.36. The number of ketones is 1. The lowest BCUT2D eigenvalue weighted by atomic mass is 10.2. The van der Waals surface area contributed by atoms with Crippen LogP contribution in [0.1, 0.15) is 22.5 Å². The molecule has 1 aromatic heterocycles. The lowest BCUT2D eigenvalue weighted by Gasteiger charge is -2.02. The van der Waals surface area contributed by atoms with Gasteiger partial charge in [0.15, 0.2) is 10.9 Å². The van der Waals surface area contributed by atoms with Crippen molar-refractivity contribution in [1.82, 2.24) is 10.3 Å². The monoisotopic (exact) mass is 304 g/mol. The summed E-state index contributed by atoms with van der Waals surface area (Å²) in [6.45, 7) is 0.594. The lowest BCUT2D eigenvalue weighted by molar-refractivity contribution is 0.0983. The molecule has 0 atom stereocenters. The van der Waals surface area contributed by atoms with Gasteiger partial charge in [0.25, 0.3) is 0 Å². The van der Waals surface area contributed by atoms with E-state index in [1.165, 1.54) is 0 Å². The van der Waals surface area contributed by atoms with Crippen molar-refractivity contribution in [3.63, 3.8) is 0 Å². The Hall–Kier alpha value is -1.54. The second kappa shape index (κ2) is 5.22. The standard InChI is InChI=1S/C10H13ClN4O3S/c11-10(1-2-10)6(16)5-7(12)15-8(19-5)13-3-4-14-9(17)18/h14H,1-4,12H2,(H,13,15)(H,17,18). The third-order valence-corrected chi connectivity index (χ3v) is 4.21. The normalized spacial score (nSPS) is 15.8. The number of halogens is 1. The van der Waals surface area contributed by atoms with E-state index in [2.05, 4.69) is 15.6 Å². The maximum absolute atomic E-state index is 12.0. The molecule has 1 aromatic rings. The number of nitrogens with one attached hydrogen (secondary N) is 2. The number of aromatic nitrogens is 1. The van der Waals surface area contributed by atoms with Gasteiger partial charge in [0.05, 0.1) is 0 Å². The first kappa shape index (κ1) is 13.9. The molecule has 2 rings (SSSR count). The Labute approximate surface area is 118 Å². The fourth-order valence-electron chi connectivity index (χ4n) is 1.45. The number of Topliss-reactive ketones (excluding diaryl/α,β-unsaturated/α-hetero) is 1. The van der Waals surface area contributed by atoms with Crippen LogP contribution in [-0.4, -0.2) is 39.9 Å². The molecule has 1 heterocycles. The third kappa shape index (κ3) is 3.27. The van der Waals surface area contributed by atoms with Crippen molar-refractivity contribution >= 4 is 45.8 Å². The first-order valence-electron chi connectivity index (χ1n) is 5.63. The maximum atomic E-state index is 12.0. The Balaban J connectivity index is 1.93. The highest BCUT2D eigenvalue weighted by Crippen LogP contribution is 2.47. The zero-order valence-corrected chi connectivity index (χ0v) is 11.5. The zero-order chi connectivity index (χ0) is 14.0. The van der Waals surface area contributed by atoms with E-state index in [1.54, 1.807) is 0 Å². The van der Waals surface area contributed by atoms with Gasteiger partial charge in [-0.3, -0.25) is 4.79 Å². The zero-order valence-electron chi connectivity index (χ0n) is 9.90. The van der Waals surface area contributed by atoms with Crippen molar-refractivity contribution < 1.29 is 14.7 Å². The van der Waals surface area contributed by atoms with Crippen LogP contribution < -0.4 is 16.4 Å². The van der Waals surface area contributed by atoms with Crippen LogP contribution in [-0.2, 0) is 0 Å². The molecule has 1 aliphatic carbocycles. The van der Waals surface area contributed by atoms with Gasteiger partial charge in [-0.2, -0.15) is 0 Å². The van der Waals surface area contributed by atoms with Gasteiger partial charge in [-0.25, -0.2) is 9.78 Å². The Kier molecular flexibility index (Phi) is 3.81. The number of rotatable bonds is 6. The van der Waals surface area contributed by atoms with E-state index in [-0.39, 0.29) is 18.1 Å². The van der Waals surface area contributed by atoms with Gasteiger partial charge < -0.3 is 21.5 Å². The average molecular weight is 305 g/mol. The van der Waals surface area contributed by atoms with Gasteiger partial charge in [-0.05, 0) is 12.8 Å². The number of alkyl halides is 1. The van der Waals surface area contributed by atoms with Crippen molar-refractivity contribution in [2.75, 3.05) is 24.1 Å². The topological polar surface area (TPSA) is 117 Å². The highest BCUT2D eigenvalue weighted by atomic mass is 35.5. The molecule has 1 fully saturated rings. The number of amides is 1. The molecule has 0 unspecified atom stereocenters. The fraction of sp³-hybridized carbons (Fsp3) is 0.500. The van der Waals surface area contributed by atoms with Crippen molar-refractivity contribution in [1.29, 1.82) is 0 Å². The number of hydrogen-bond donors (Lipinski definition) is 4. The van der Waals surface area contributed by atoms with Crippen LogP contribution in [0.5, 0.6) is 0 Å². The summed E-state index contributed by atoms with van der Waals surface area (Å²) in [6, 6.07) is 0. The van der Waals surface area contributed by atoms with Crippen molar-refractivity contribution in [3.8, 4) is 0 Å². The van der Waals surface area contributed by atoms with Gasteiger partial charge in [0.1, 0.15) is 15.6 Å². The molecule has 0 aliphatic heterocycles. The maximum Gasteiger partial charge on any atom is 0.404 e. The molecule has 104 valence electrons. The Bertz CT molecular complexity index is 515. The molecule has 9 heteroatoms. The van der Waals surface area contributed by atoms with Crippen LogP contribution >= 0.6 is 22.9 Å². The van der Waals surface area contributed by atoms with Crippen LogP contribution in [0.15, 0.2) is 0 Å². The molecule has 0 spiro atoms. The first-order valence-corrected chi connectivity index (χ1v) is 6.82. The summed E-state index contributed by atoms with van der Waals surface area (Å²) in [7, 11) is 0. The number of nitrogens with two attached hydrogens (primary N) is 1. The minimum atomic E-state index is -1.09. The minimum absolute atomic E-state index is 0.163. The molecule has 0 saturated heterocycles. The van der Waals surface area contributed by atoms with Gasteiger partial charge in [-0.1, -0.05) is 11.3 Å². The number of nitrogens with zero attached hydrogens (tertiary/aromatic N) is 1. The number of carbonyl (C=O) groups excluding carboxylic acids is 1. The number of thiazole rings is 1. The first-order chi connectivity index (χ1) is 8.92. The summed E-state index contributed by atoms with van der Waals surface area (Å²) in [4.78, 5) is 25.9. The summed E-state index contributed by atoms with van der Waals surface area (Å²) in [6.07, 6.45) is 0.237. The number of carboxylic acid groups (broad SMARTS) is 1. The van der Waals surface area contributed by atoms with Crippen LogP contribution in [0.2, 0.25) is 0 Å². The van der Waals surface area contributed by atoms with E-state index in [0.717, 1.165) is 11.3 Å². The van der Waals surface area contributed by atoms with Gasteiger partial charge in [0.2, 0.25) is 0 Å². The molecule has 1 aliphatic rings. The lowest BCUT2D eigenvalue weighted by Crippen LogP contribution is -2.26. The van der Waals surface area contributed by atoms with E-state index in [9.17, 15) is 9.59 Å². The largest absolute Gasteiger partial charge is 0.465 e. The molecule has 7 nitrogen and oxygen atoms in total. The van der Waals surface area contributed by atoms with E-state index >= 15 is 0 Å². The summed E-state index contributed by atoms with van der Waals surface area (Å²) in [5.74, 6) is -0.0171. The number of nitrogen functional groups attached to an aromatic ring is 1. The number of anilines is 2. The molecule has 19 heavy (non-hydrogen) atoms. The summed E-state index contributed by atoms with van der Waals surface area (Å²) >= 11 is 7.19. The van der Waals surface area contributed by atoms with Crippen LogP contribution in [0.25, 0.3) is 0 Å². The summed E-state index contributed by atoms with van der Waals surface area (Å²) in [5.41, 5.74) is 5.69. The van der Waals surface area contributed by atoms with Crippen molar-refractivity contribution in [3.05, 3.63) is 4.88 Å². The fourth-order valence-corrected chi connectivity index (χ4v) is 2.64. The summed E-state index contributed by atoms with van der Waals surface area (Å²) < 4.78 is 0. The van der Waals surface area contributed by atoms with E-state index in [0.29, 0.717) is 29.4 Å². The number of hydrogen-bond acceptors (Lipinski definition) is 6. The van der Waals surface area contributed by atoms with E-state index < -0.39 is 11.0 Å². The Morgan fingerprint density at radius 1 is 1.47 bits per heavy atom. The Morgan fingerprint density at radius 2 is 2.16 bits per heavy atom. The molecule has 5 N–H and O–H groups in total. The quantitative estimate of drug-likeness (QED) is 0.358. The van der Waals surface area contributed by atoms with Gasteiger partial charge in [0, 0.05) is 13.1 Å². The summed E-state index contributed by atoms with van der Waals surface area (Å²) in [5, 5.41) is 14.0.